The zero-order valence-corrected chi connectivity index (χ0v) is 9.69. The van der Waals surface area contributed by atoms with Gasteiger partial charge in [-0.3, -0.25) is 9.59 Å². The summed E-state index contributed by atoms with van der Waals surface area (Å²) in [6, 6.07) is 7.18. The van der Waals surface area contributed by atoms with E-state index >= 15 is 0 Å². The number of allylic oxidation sites excluding steroid dienone is 1. The lowest BCUT2D eigenvalue weighted by Gasteiger charge is -2.14. The summed E-state index contributed by atoms with van der Waals surface area (Å²) in [5.74, 6) is -0.665. The number of carbonyl (C=O) groups excluding carboxylic acids is 2. The Morgan fingerprint density at radius 2 is 1.71 bits per heavy atom. The lowest BCUT2D eigenvalue weighted by molar-refractivity contribution is -0.123. The minimum absolute atomic E-state index is 0.0226. The Morgan fingerprint density at radius 3 is 2.29 bits per heavy atom. The maximum atomic E-state index is 11.7. The van der Waals surface area contributed by atoms with Gasteiger partial charge in [0.25, 0.3) is 0 Å². The number of benzene rings is 1. The first kappa shape index (κ1) is 11.6. The number of Topliss-reactive ketones (excluding diaryl/α,β-unsaturated/α-hetero) is 2. The molecule has 0 heterocycles. The van der Waals surface area contributed by atoms with Gasteiger partial charge in [-0.2, -0.15) is 0 Å². The van der Waals surface area contributed by atoms with Gasteiger partial charge in [0.15, 0.2) is 11.6 Å². The first-order valence-electron chi connectivity index (χ1n) is 5.67. The third-order valence-electron chi connectivity index (χ3n) is 3.00. The molecule has 0 aromatic heterocycles. The standard InChI is InChI=1S/C14H14O3/c1-9-5-2-3-6-10(9)14(17)13-11(15)7-4-8-12(13)16/h2-3,5-6,17H,4,7-8H2,1H3. The van der Waals surface area contributed by atoms with Gasteiger partial charge in [0.2, 0.25) is 0 Å². The molecule has 0 aliphatic heterocycles. The van der Waals surface area contributed by atoms with Crippen molar-refractivity contribution in [3.8, 4) is 0 Å². The fraction of sp³-hybridized carbons (Fsp3) is 0.286. The van der Waals surface area contributed by atoms with Crippen LogP contribution < -0.4 is 0 Å². The zero-order valence-electron chi connectivity index (χ0n) is 9.69. The van der Waals surface area contributed by atoms with Crippen molar-refractivity contribution in [2.24, 2.45) is 0 Å². The van der Waals surface area contributed by atoms with Crippen LogP contribution in [0.1, 0.15) is 30.4 Å². The van der Waals surface area contributed by atoms with Crippen molar-refractivity contribution in [2.45, 2.75) is 26.2 Å². The highest BCUT2D eigenvalue weighted by Gasteiger charge is 2.27. The minimum Gasteiger partial charge on any atom is -0.506 e. The molecule has 0 radical (unpaired) electrons. The van der Waals surface area contributed by atoms with Crippen LogP contribution in [0.2, 0.25) is 0 Å². The van der Waals surface area contributed by atoms with E-state index in [9.17, 15) is 14.7 Å². The van der Waals surface area contributed by atoms with Gasteiger partial charge in [0.1, 0.15) is 11.3 Å². The van der Waals surface area contributed by atoms with Crippen LogP contribution in [-0.2, 0) is 9.59 Å². The van der Waals surface area contributed by atoms with Gasteiger partial charge in [-0.25, -0.2) is 0 Å². The molecule has 0 amide bonds. The summed E-state index contributed by atoms with van der Waals surface area (Å²) >= 11 is 0. The van der Waals surface area contributed by atoms with Crippen LogP contribution in [0.3, 0.4) is 0 Å². The molecule has 1 fully saturated rings. The van der Waals surface area contributed by atoms with E-state index in [-0.39, 0.29) is 22.9 Å². The molecule has 17 heavy (non-hydrogen) atoms. The number of hydrogen-bond donors (Lipinski definition) is 1. The van der Waals surface area contributed by atoms with E-state index in [4.69, 9.17) is 0 Å². The fourth-order valence-electron chi connectivity index (χ4n) is 2.05. The predicted octanol–water partition coefficient (Wildman–Crippen LogP) is 2.59. The fourth-order valence-corrected chi connectivity index (χ4v) is 2.05. The van der Waals surface area contributed by atoms with Crippen molar-refractivity contribution >= 4 is 17.3 Å². The van der Waals surface area contributed by atoms with Crippen LogP contribution in [0.15, 0.2) is 29.8 Å². The molecule has 0 atom stereocenters. The Hall–Kier alpha value is -1.90. The van der Waals surface area contributed by atoms with Crippen molar-refractivity contribution in [3.63, 3.8) is 0 Å². The van der Waals surface area contributed by atoms with Crippen LogP contribution in [0.4, 0.5) is 0 Å². The number of carbonyl (C=O) groups is 2. The van der Waals surface area contributed by atoms with Gasteiger partial charge in [0, 0.05) is 18.4 Å². The molecule has 0 saturated heterocycles. The summed E-state index contributed by atoms with van der Waals surface area (Å²) in [6.07, 6.45) is 1.27. The van der Waals surface area contributed by atoms with E-state index in [0.717, 1.165) is 5.56 Å². The molecule has 0 spiro atoms. The third kappa shape index (κ3) is 2.13. The average Bonchev–Trinajstić information content (AvgIpc) is 2.29. The topological polar surface area (TPSA) is 54.4 Å². The summed E-state index contributed by atoms with van der Waals surface area (Å²) in [5, 5.41) is 10.1. The summed E-state index contributed by atoms with van der Waals surface area (Å²) in [4.78, 5) is 23.4. The monoisotopic (exact) mass is 230 g/mol. The molecule has 3 heteroatoms. The van der Waals surface area contributed by atoms with Crippen molar-refractivity contribution in [2.75, 3.05) is 0 Å². The lowest BCUT2D eigenvalue weighted by atomic mass is 9.89. The third-order valence-corrected chi connectivity index (χ3v) is 3.00. The van der Waals surface area contributed by atoms with Gasteiger partial charge in [-0.1, -0.05) is 24.3 Å². The lowest BCUT2D eigenvalue weighted by Crippen LogP contribution is -2.20. The molecule has 1 saturated carbocycles. The molecule has 1 N–H and O–H groups in total. The molecule has 1 aromatic rings. The SMILES string of the molecule is Cc1ccccc1C(O)=C1C(=O)CCCC1=O. The maximum absolute atomic E-state index is 11.7. The smallest absolute Gasteiger partial charge is 0.170 e. The number of aliphatic hydroxyl groups is 1. The van der Waals surface area contributed by atoms with Crippen LogP contribution in [0, 0.1) is 6.92 Å². The first-order valence-corrected chi connectivity index (χ1v) is 5.67. The summed E-state index contributed by atoms with van der Waals surface area (Å²) < 4.78 is 0. The quantitative estimate of drug-likeness (QED) is 0.458. The highest BCUT2D eigenvalue weighted by Crippen LogP contribution is 2.26. The second-order valence-corrected chi connectivity index (χ2v) is 4.24. The average molecular weight is 230 g/mol. The summed E-state index contributed by atoms with van der Waals surface area (Å²) in [5.41, 5.74) is 1.39. The van der Waals surface area contributed by atoms with Gasteiger partial charge < -0.3 is 5.11 Å². The van der Waals surface area contributed by atoms with E-state index in [1.807, 2.05) is 19.1 Å². The minimum atomic E-state index is -0.248. The van der Waals surface area contributed by atoms with Gasteiger partial charge in [-0.15, -0.1) is 0 Å². The second-order valence-electron chi connectivity index (χ2n) is 4.24. The molecule has 88 valence electrons. The molecule has 2 rings (SSSR count). The Balaban J connectivity index is 2.54. The second kappa shape index (κ2) is 4.53. The Kier molecular flexibility index (Phi) is 3.09. The first-order chi connectivity index (χ1) is 8.11. The Bertz CT molecular complexity index is 494. The number of aryl methyl sites for hydroxylation is 1. The van der Waals surface area contributed by atoms with Gasteiger partial charge in [-0.05, 0) is 18.9 Å². The molecule has 1 aromatic carbocycles. The van der Waals surface area contributed by atoms with Crippen LogP contribution >= 0.6 is 0 Å². The zero-order chi connectivity index (χ0) is 12.4. The molecule has 1 aliphatic carbocycles. The van der Waals surface area contributed by atoms with Crippen LogP contribution in [0.5, 0.6) is 0 Å². The van der Waals surface area contributed by atoms with E-state index in [1.165, 1.54) is 0 Å². The van der Waals surface area contributed by atoms with Crippen molar-refractivity contribution in [3.05, 3.63) is 41.0 Å². The normalized spacial score (nSPS) is 16.2. The Labute approximate surface area is 99.8 Å². The molecule has 0 unspecified atom stereocenters. The van der Waals surface area contributed by atoms with Crippen molar-refractivity contribution < 1.29 is 14.7 Å². The van der Waals surface area contributed by atoms with E-state index in [1.54, 1.807) is 12.1 Å². The highest BCUT2D eigenvalue weighted by molar-refractivity contribution is 6.25. The maximum Gasteiger partial charge on any atom is 0.170 e. The number of rotatable bonds is 1. The summed E-state index contributed by atoms with van der Waals surface area (Å²) in [6.45, 7) is 1.84. The van der Waals surface area contributed by atoms with E-state index in [2.05, 4.69) is 0 Å². The van der Waals surface area contributed by atoms with Crippen LogP contribution in [-0.4, -0.2) is 16.7 Å². The molecule has 0 bridgehead atoms. The summed E-state index contributed by atoms with van der Waals surface area (Å²) in [7, 11) is 0. The molecule has 1 aliphatic rings. The molecule has 3 nitrogen and oxygen atoms in total. The molecular formula is C14H14O3. The van der Waals surface area contributed by atoms with E-state index in [0.29, 0.717) is 24.8 Å². The van der Waals surface area contributed by atoms with Crippen LogP contribution in [0.25, 0.3) is 5.76 Å². The van der Waals surface area contributed by atoms with Crippen molar-refractivity contribution in [1.82, 2.24) is 0 Å². The Morgan fingerprint density at radius 1 is 1.12 bits per heavy atom. The predicted molar refractivity (Wildman–Crippen MR) is 64.6 cm³/mol. The number of aliphatic hydroxyl groups excluding tert-OH is 1. The number of ketones is 2. The molecular weight excluding hydrogens is 216 g/mol. The van der Waals surface area contributed by atoms with E-state index < -0.39 is 0 Å². The largest absolute Gasteiger partial charge is 0.506 e. The van der Waals surface area contributed by atoms with Gasteiger partial charge >= 0.3 is 0 Å². The van der Waals surface area contributed by atoms with Crippen molar-refractivity contribution in [1.29, 1.82) is 0 Å². The number of hydrogen-bond acceptors (Lipinski definition) is 3. The van der Waals surface area contributed by atoms with Gasteiger partial charge in [0.05, 0.1) is 0 Å². The highest BCUT2D eigenvalue weighted by atomic mass is 16.3.